The molecule has 2 saturated carbocycles. The summed E-state index contributed by atoms with van der Waals surface area (Å²) in [6, 6.07) is 10.7. The van der Waals surface area contributed by atoms with Crippen molar-refractivity contribution in [2.75, 3.05) is 13.1 Å². The van der Waals surface area contributed by atoms with E-state index in [0.717, 1.165) is 19.5 Å². The first-order valence-corrected chi connectivity index (χ1v) is 8.71. The molecule has 2 fully saturated rings. The first kappa shape index (κ1) is 15.1. The zero-order valence-electron chi connectivity index (χ0n) is 13.5. The summed E-state index contributed by atoms with van der Waals surface area (Å²) < 4.78 is 0. The molecule has 0 aliphatic heterocycles. The Morgan fingerprint density at radius 2 is 1.76 bits per heavy atom. The van der Waals surface area contributed by atoms with Crippen LogP contribution in [-0.2, 0) is 0 Å². The van der Waals surface area contributed by atoms with E-state index >= 15 is 0 Å². The minimum Gasteiger partial charge on any atom is -0.391 e. The maximum Gasteiger partial charge on any atom is 0.0757 e. The third-order valence-electron chi connectivity index (χ3n) is 5.89. The van der Waals surface area contributed by atoms with Crippen molar-refractivity contribution in [3.63, 3.8) is 0 Å². The first-order chi connectivity index (χ1) is 10.2. The van der Waals surface area contributed by atoms with Crippen molar-refractivity contribution in [1.82, 2.24) is 4.90 Å². The van der Waals surface area contributed by atoms with Gasteiger partial charge in [-0.15, -0.1) is 0 Å². The van der Waals surface area contributed by atoms with Crippen molar-refractivity contribution in [3.8, 4) is 0 Å². The Hall–Kier alpha value is -0.860. The molecule has 0 radical (unpaired) electrons. The molecule has 0 aromatic heterocycles. The van der Waals surface area contributed by atoms with Gasteiger partial charge in [-0.1, -0.05) is 57.0 Å². The minimum absolute atomic E-state index is 0.0533. The summed E-state index contributed by atoms with van der Waals surface area (Å²) in [7, 11) is 0. The predicted molar refractivity (Wildman–Crippen MR) is 87.4 cm³/mol. The fourth-order valence-electron chi connectivity index (χ4n) is 4.69. The van der Waals surface area contributed by atoms with Gasteiger partial charge in [0.2, 0.25) is 0 Å². The van der Waals surface area contributed by atoms with Gasteiger partial charge in [0.05, 0.1) is 6.10 Å². The highest BCUT2D eigenvalue weighted by atomic mass is 16.3. The fraction of sp³-hybridized carbons (Fsp3) is 0.684. The summed E-state index contributed by atoms with van der Waals surface area (Å²) in [5.74, 6) is 1.04. The molecular weight excluding hydrogens is 258 g/mol. The standard InChI is InChI=1S/C19H29NO/c1-3-20(4-2)19(12-8-9-13-19)18(21)17-14-16(17)15-10-6-5-7-11-15/h5-7,10-11,16-18,21H,3-4,8-9,12-14H2,1-2H3. The molecule has 1 aromatic rings. The third-order valence-corrected chi connectivity index (χ3v) is 5.89. The first-order valence-electron chi connectivity index (χ1n) is 8.71. The Labute approximate surface area is 129 Å². The number of hydrogen-bond donors (Lipinski definition) is 1. The van der Waals surface area contributed by atoms with Crippen LogP contribution < -0.4 is 0 Å². The zero-order chi connectivity index (χ0) is 14.9. The molecule has 0 spiro atoms. The van der Waals surface area contributed by atoms with Crippen LogP contribution in [0.1, 0.15) is 57.4 Å². The monoisotopic (exact) mass is 287 g/mol. The summed E-state index contributed by atoms with van der Waals surface area (Å²) in [4.78, 5) is 2.53. The van der Waals surface area contributed by atoms with E-state index in [1.807, 2.05) is 0 Å². The molecule has 3 rings (SSSR count). The SMILES string of the molecule is CCN(CC)C1(C(O)C2CC2c2ccccc2)CCCC1. The molecule has 3 unspecified atom stereocenters. The molecule has 2 heteroatoms. The average Bonchev–Trinajstić information content (AvgIpc) is 3.18. The van der Waals surface area contributed by atoms with Crippen molar-refractivity contribution in [3.05, 3.63) is 35.9 Å². The van der Waals surface area contributed by atoms with Gasteiger partial charge in [0.25, 0.3) is 0 Å². The van der Waals surface area contributed by atoms with E-state index < -0.39 is 0 Å². The van der Waals surface area contributed by atoms with Crippen molar-refractivity contribution in [2.45, 2.75) is 63.5 Å². The van der Waals surface area contributed by atoms with Crippen LogP contribution in [0.4, 0.5) is 0 Å². The van der Waals surface area contributed by atoms with E-state index in [0.29, 0.717) is 11.8 Å². The molecule has 1 aromatic carbocycles. The van der Waals surface area contributed by atoms with Gasteiger partial charge in [0.1, 0.15) is 0 Å². The third kappa shape index (κ3) is 2.64. The fourth-order valence-corrected chi connectivity index (χ4v) is 4.69. The Morgan fingerprint density at radius 1 is 1.14 bits per heavy atom. The molecular formula is C19H29NO. The average molecular weight is 287 g/mol. The maximum atomic E-state index is 11.2. The second kappa shape index (κ2) is 6.10. The van der Waals surface area contributed by atoms with E-state index in [1.54, 1.807) is 0 Å². The van der Waals surface area contributed by atoms with E-state index in [9.17, 15) is 5.11 Å². The molecule has 2 nitrogen and oxygen atoms in total. The van der Waals surface area contributed by atoms with Gasteiger partial charge < -0.3 is 5.11 Å². The van der Waals surface area contributed by atoms with Crippen LogP contribution in [0.2, 0.25) is 0 Å². The lowest BCUT2D eigenvalue weighted by molar-refractivity contribution is -0.0375. The molecule has 2 aliphatic carbocycles. The van der Waals surface area contributed by atoms with Crippen LogP contribution in [0, 0.1) is 5.92 Å². The van der Waals surface area contributed by atoms with Gasteiger partial charge in [0, 0.05) is 5.54 Å². The summed E-state index contributed by atoms with van der Waals surface area (Å²) in [6.07, 6.45) is 5.90. The molecule has 116 valence electrons. The Bertz CT molecular complexity index is 448. The Balaban J connectivity index is 1.76. The van der Waals surface area contributed by atoms with E-state index in [2.05, 4.69) is 49.1 Å². The van der Waals surface area contributed by atoms with Gasteiger partial charge in [-0.2, -0.15) is 0 Å². The number of aliphatic hydroxyl groups is 1. The summed E-state index contributed by atoms with van der Waals surface area (Å²) >= 11 is 0. The number of benzene rings is 1. The van der Waals surface area contributed by atoms with Crippen LogP contribution in [0.15, 0.2) is 30.3 Å². The highest BCUT2D eigenvalue weighted by molar-refractivity contribution is 5.27. The van der Waals surface area contributed by atoms with Crippen LogP contribution in [0.25, 0.3) is 0 Å². The molecule has 1 N–H and O–H groups in total. The van der Waals surface area contributed by atoms with Crippen LogP contribution in [0.3, 0.4) is 0 Å². The van der Waals surface area contributed by atoms with Crippen molar-refractivity contribution in [1.29, 1.82) is 0 Å². The van der Waals surface area contributed by atoms with Crippen molar-refractivity contribution in [2.24, 2.45) is 5.92 Å². The van der Waals surface area contributed by atoms with Gasteiger partial charge >= 0.3 is 0 Å². The molecule has 0 bridgehead atoms. The summed E-state index contributed by atoms with van der Waals surface area (Å²) in [6.45, 7) is 6.57. The number of hydrogen-bond acceptors (Lipinski definition) is 2. The van der Waals surface area contributed by atoms with Crippen LogP contribution in [-0.4, -0.2) is 34.7 Å². The number of rotatable bonds is 6. The minimum atomic E-state index is -0.162. The Morgan fingerprint density at radius 3 is 2.33 bits per heavy atom. The molecule has 2 aliphatic rings. The zero-order valence-corrected chi connectivity index (χ0v) is 13.5. The highest BCUT2D eigenvalue weighted by Crippen LogP contribution is 2.54. The van der Waals surface area contributed by atoms with E-state index in [4.69, 9.17) is 0 Å². The van der Waals surface area contributed by atoms with Gasteiger partial charge in [0.15, 0.2) is 0 Å². The lowest BCUT2D eigenvalue weighted by Gasteiger charge is -2.44. The summed E-state index contributed by atoms with van der Waals surface area (Å²) in [5, 5.41) is 11.2. The molecule has 0 amide bonds. The topological polar surface area (TPSA) is 23.5 Å². The Kier molecular flexibility index (Phi) is 4.37. The molecule has 0 saturated heterocycles. The number of aliphatic hydroxyl groups excluding tert-OH is 1. The molecule has 21 heavy (non-hydrogen) atoms. The molecule has 3 atom stereocenters. The van der Waals surface area contributed by atoms with Crippen LogP contribution in [0.5, 0.6) is 0 Å². The van der Waals surface area contributed by atoms with Gasteiger partial charge in [-0.25, -0.2) is 0 Å². The second-order valence-electron chi connectivity index (χ2n) is 6.84. The normalized spacial score (nSPS) is 28.8. The smallest absolute Gasteiger partial charge is 0.0757 e. The van der Waals surface area contributed by atoms with Gasteiger partial charge in [-0.3, -0.25) is 4.90 Å². The number of likely N-dealkylation sites (N-methyl/N-ethyl adjacent to an activating group) is 1. The predicted octanol–water partition coefficient (Wildman–Crippen LogP) is 3.81. The van der Waals surface area contributed by atoms with Crippen molar-refractivity contribution >= 4 is 0 Å². The molecule has 0 heterocycles. The second-order valence-corrected chi connectivity index (χ2v) is 6.84. The van der Waals surface area contributed by atoms with E-state index in [1.165, 1.54) is 31.2 Å². The van der Waals surface area contributed by atoms with Crippen molar-refractivity contribution < 1.29 is 5.11 Å². The lowest BCUT2D eigenvalue weighted by Crippen LogP contribution is -2.55. The van der Waals surface area contributed by atoms with E-state index in [-0.39, 0.29) is 11.6 Å². The largest absolute Gasteiger partial charge is 0.391 e. The van der Waals surface area contributed by atoms with Crippen LogP contribution >= 0.6 is 0 Å². The van der Waals surface area contributed by atoms with Gasteiger partial charge in [-0.05, 0) is 49.8 Å². The number of nitrogens with zero attached hydrogens (tertiary/aromatic N) is 1. The highest BCUT2D eigenvalue weighted by Gasteiger charge is 2.54. The quantitative estimate of drug-likeness (QED) is 0.860. The lowest BCUT2D eigenvalue weighted by atomic mass is 9.84. The summed E-state index contributed by atoms with van der Waals surface area (Å²) in [5.41, 5.74) is 1.46. The maximum absolute atomic E-state index is 11.2.